The predicted octanol–water partition coefficient (Wildman–Crippen LogP) is 5.75. The van der Waals surface area contributed by atoms with Crippen molar-refractivity contribution in [3.8, 4) is 28.8 Å². The number of morpholine rings is 1. The summed E-state index contributed by atoms with van der Waals surface area (Å²) < 4.78 is 30.2. The van der Waals surface area contributed by atoms with Crippen molar-refractivity contribution < 1.29 is 28.2 Å². The molecule has 1 fully saturated rings. The first-order chi connectivity index (χ1) is 21.9. The van der Waals surface area contributed by atoms with Crippen molar-refractivity contribution in [3.63, 3.8) is 0 Å². The zero-order chi connectivity index (χ0) is 31.5. The first kappa shape index (κ1) is 30.6. The highest BCUT2D eigenvalue weighted by atomic mass is 79.9. The summed E-state index contributed by atoms with van der Waals surface area (Å²) in [5, 5.41) is 5.85. The number of hydrogen-bond donors (Lipinski definition) is 0. The van der Waals surface area contributed by atoms with Gasteiger partial charge in [-0.2, -0.15) is 9.78 Å². The van der Waals surface area contributed by atoms with Crippen LogP contribution in [0.2, 0.25) is 5.02 Å². The third-order valence-corrected chi connectivity index (χ3v) is 8.63. The lowest BCUT2D eigenvalue weighted by atomic mass is 10.2. The van der Waals surface area contributed by atoms with Crippen molar-refractivity contribution in [2.75, 3.05) is 46.6 Å². The van der Waals surface area contributed by atoms with Gasteiger partial charge >= 0.3 is 0 Å². The molecule has 0 saturated carbocycles. The molecule has 5 aromatic rings. The maximum atomic E-state index is 13.8. The summed E-state index contributed by atoms with van der Waals surface area (Å²) in [4.78, 5) is 32.9. The van der Waals surface area contributed by atoms with Crippen LogP contribution in [0.25, 0.3) is 33.5 Å². The smallest absolute Gasteiger partial charge is 0.282 e. The molecule has 6 rings (SSSR count). The van der Waals surface area contributed by atoms with Crippen LogP contribution in [0, 0.1) is 0 Å². The normalized spacial score (nSPS) is 13.6. The van der Waals surface area contributed by atoms with Gasteiger partial charge in [0.15, 0.2) is 23.9 Å². The average molecular weight is 696 g/mol. The molecule has 11 nitrogen and oxygen atoms in total. The number of carbonyl (C=O) groups excluding carboxylic acids is 1. The number of hydrogen-bond acceptors (Lipinski definition) is 9. The minimum atomic E-state index is -0.395. The standard InChI is InChI=1S/C32H28BrClN4O7/c1-3-43-25-15-19(28(33)29(34)30(25)44-18-27(39)37-11-13-42-14-12-37)17-35-38-31(36-22-8-5-4-7-20(22)32(38)40)26-16-21-23(41-2)9-6-10-24(21)45-26/h4-10,15-17H,3,11-14,18H2,1-2H3. The van der Waals surface area contributed by atoms with Gasteiger partial charge in [0, 0.05) is 23.1 Å². The van der Waals surface area contributed by atoms with Gasteiger partial charge in [0.25, 0.3) is 11.5 Å². The number of benzene rings is 3. The van der Waals surface area contributed by atoms with E-state index in [2.05, 4.69) is 21.0 Å². The fourth-order valence-corrected chi connectivity index (χ4v) is 5.62. The zero-order valence-electron chi connectivity index (χ0n) is 24.4. The van der Waals surface area contributed by atoms with E-state index < -0.39 is 5.56 Å². The summed E-state index contributed by atoms with van der Waals surface area (Å²) in [7, 11) is 1.58. The average Bonchev–Trinajstić information content (AvgIpc) is 3.51. The van der Waals surface area contributed by atoms with Crippen molar-refractivity contribution in [3.05, 3.63) is 80.0 Å². The third kappa shape index (κ3) is 6.13. The number of aromatic nitrogens is 2. The van der Waals surface area contributed by atoms with Crippen molar-refractivity contribution in [2.24, 2.45) is 5.10 Å². The van der Waals surface area contributed by atoms with Gasteiger partial charge in [0.05, 0.1) is 49.4 Å². The molecule has 1 aliphatic heterocycles. The highest BCUT2D eigenvalue weighted by Crippen LogP contribution is 2.42. The minimum Gasteiger partial charge on any atom is -0.496 e. The minimum absolute atomic E-state index is 0.183. The second-order valence-electron chi connectivity index (χ2n) is 9.93. The van der Waals surface area contributed by atoms with Crippen LogP contribution in [-0.4, -0.2) is 73.3 Å². The topological polar surface area (TPSA) is 118 Å². The molecule has 3 aromatic carbocycles. The fourth-order valence-electron chi connectivity index (χ4n) is 4.97. The van der Waals surface area contributed by atoms with Crippen LogP contribution in [0.5, 0.6) is 17.2 Å². The van der Waals surface area contributed by atoms with Gasteiger partial charge in [-0.05, 0) is 59.3 Å². The van der Waals surface area contributed by atoms with Gasteiger partial charge < -0.3 is 28.3 Å². The maximum Gasteiger partial charge on any atom is 0.282 e. The maximum absolute atomic E-state index is 13.8. The second kappa shape index (κ2) is 13.3. The summed E-state index contributed by atoms with van der Waals surface area (Å²) in [6, 6.07) is 15.9. The largest absolute Gasteiger partial charge is 0.496 e. The van der Waals surface area contributed by atoms with E-state index in [4.69, 9.17) is 39.9 Å². The van der Waals surface area contributed by atoms with Crippen LogP contribution >= 0.6 is 27.5 Å². The van der Waals surface area contributed by atoms with Crippen LogP contribution in [0.3, 0.4) is 0 Å². The Morgan fingerprint density at radius 2 is 1.89 bits per heavy atom. The molecule has 232 valence electrons. The first-order valence-corrected chi connectivity index (χ1v) is 15.3. The van der Waals surface area contributed by atoms with Crippen LogP contribution in [0.4, 0.5) is 0 Å². The Bertz CT molecular complexity index is 1980. The number of halogens is 2. The van der Waals surface area contributed by atoms with E-state index in [-0.39, 0.29) is 29.1 Å². The monoisotopic (exact) mass is 694 g/mol. The highest BCUT2D eigenvalue weighted by Gasteiger charge is 2.22. The number of para-hydroxylation sites is 1. The van der Waals surface area contributed by atoms with Gasteiger partial charge in [0.2, 0.25) is 5.82 Å². The fraction of sp³-hybridized carbons (Fsp3) is 0.250. The molecule has 3 heterocycles. The van der Waals surface area contributed by atoms with Crippen LogP contribution in [-0.2, 0) is 9.53 Å². The molecular formula is C32H28BrClN4O7. The molecule has 0 N–H and O–H groups in total. The van der Waals surface area contributed by atoms with Crippen molar-refractivity contribution >= 4 is 61.5 Å². The SMILES string of the molecule is CCOc1cc(C=Nn2c(-c3cc4c(OC)cccc4o3)nc3ccccc3c2=O)c(Br)c(Cl)c1OCC(=O)N1CCOCC1. The molecule has 13 heteroatoms. The van der Waals surface area contributed by atoms with Crippen LogP contribution in [0.15, 0.2) is 73.4 Å². The quantitative estimate of drug-likeness (QED) is 0.179. The van der Waals surface area contributed by atoms with Gasteiger partial charge in [-0.25, -0.2) is 4.98 Å². The number of amides is 1. The molecule has 0 atom stereocenters. The molecule has 0 radical (unpaired) electrons. The van der Waals surface area contributed by atoms with Gasteiger partial charge in [-0.1, -0.05) is 29.8 Å². The first-order valence-electron chi connectivity index (χ1n) is 14.2. The molecule has 1 saturated heterocycles. The van der Waals surface area contributed by atoms with Crippen molar-refractivity contribution in [1.82, 2.24) is 14.6 Å². The lowest BCUT2D eigenvalue weighted by molar-refractivity contribution is -0.137. The van der Waals surface area contributed by atoms with Crippen LogP contribution in [0.1, 0.15) is 12.5 Å². The summed E-state index contributed by atoms with van der Waals surface area (Å²) in [6.45, 7) is 3.89. The number of ether oxygens (including phenoxy) is 4. The number of carbonyl (C=O) groups is 1. The number of furan rings is 1. The Morgan fingerprint density at radius 1 is 1.09 bits per heavy atom. The van der Waals surface area contributed by atoms with E-state index in [1.807, 2.05) is 19.1 Å². The Hall–Kier alpha value is -4.39. The van der Waals surface area contributed by atoms with E-state index >= 15 is 0 Å². The number of fused-ring (bicyclic) bond motifs is 2. The molecule has 1 aliphatic rings. The summed E-state index contributed by atoms with van der Waals surface area (Å²) in [5.41, 5.74) is 1.16. The third-order valence-electron chi connectivity index (χ3n) is 7.19. The summed E-state index contributed by atoms with van der Waals surface area (Å²) in [6.07, 6.45) is 1.46. The molecule has 0 unspecified atom stereocenters. The van der Waals surface area contributed by atoms with E-state index in [0.717, 1.165) is 5.39 Å². The van der Waals surface area contributed by atoms with Crippen molar-refractivity contribution in [2.45, 2.75) is 6.92 Å². The molecule has 45 heavy (non-hydrogen) atoms. The lowest BCUT2D eigenvalue weighted by Crippen LogP contribution is -2.43. The molecule has 1 amide bonds. The predicted molar refractivity (Wildman–Crippen MR) is 174 cm³/mol. The molecule has 2 aromatic heterocycles. The highest BCUT2D eigenvalue weighted by molar-refractivity contribution is 9.10. The Labute approximate surface area is 271 Å². The summed E-state index contributed by atoms with van der Waals surface area (Å²) >= 11 is 10.3. The zero-order valence-corrected chi connectivity index (χ0v) is 26.8. The lowest BCUT2D eigenvalue weighted by Gasteiger charge is -2.27. The van der Waals surface area contributed by atoms with E-state index in [1.165, 1.54) is 10.9 Å². The van der Waals surface area contributed by atoms with Gasteiger partial charge in [0.1, 0.15) is 16.4 Å². The van der Waals surface area contributed by atoms with E-state index in [1.54, 1.807) is 54.5 Å². The van der Waals surface area contributed by atoms with E-state index in [9.17, 15) is 9.59 Å². The number of rotatable bonds is 9. The van der Waals surface area contributed by atoms with Crippen LogP contribution < -0.4 is 19.8 Å². The molecular weight excluding hydrogens is 668 g/mol. The van der Waals surface area contributed by atoms with Gasteiger partial charge in [-0.15, -0.1) is 0 Å². The van der Waals surface area contributed by atoms with Crippen molar-refractivity contribution in [1.29, 1.82) is 0 Å². The molecule has 0 bridgehead atoms. The second-order valence-corrected chi connectivity index (χ2v) is 11.1. The van der Waals surface area contributed by atoms with E-state index in [0.29, 0.717) is 76.7 Å². The summed E-state index contributed by atoms with van der Waals surface area (Å²) in [5.74, 6) is 1.49. The number of nitrogens with zero attached hydrogens (tertiary/aromatic N) is 4. The Kier molecular flexibility index (Phi) is 9.06. The Morgan fingerprint density at radius 3 is 2.67 bits per heavy atom. The Balaban J connectivity index is 1.40. The molecule has 0 spiro atoms. The number of methoxy groups -OCH3 is 1. The molecule has 0 aliphatic carbocycles. The van der Waals surface area contributed by atoms with Gasteiger partial charge in [-0.3, -0.25) is 9.59 Å².